The highest BCUT2D eigenvalue weighted by Gasteiger charge is 1.80. The molecule has 0 rings (SSSR count). The molecule has 0 saturated heterocycles. The average Bonchev–Trinajstić information content (AvgIpc) is 1.69. The average molecular weight is 100 g/mol. The summed E-state index contributed by atoms with van der Waals surface area (Å²) in [5, 5.41) is 5.14. The van der Waals surface area contributed by atoms with E-state index in [1.165, 1.54) is 19.3 Å². The minimum Gasteiger partial charge on any atom is -0.264 e. The van der Waals surface area contributed by atoms with E-state index in [2.05, 4.69) is 6.92 Å². The first-order valence-corrected chi connectivity index (χ1v) is 2.95. The van der Waals surface area contributed by atoms with Crippen LogP contribution in [0.15, 0.2) is 0 Å². The maximum absolute atomic E-state index is 5.14. The number of rotatable bonds is 4. The molecule has 0 aromatic carbocycles. The van der Waals surface area contributed by atoms with Crippen LogP contribution in [0.4, 0.5) is 0 Å². The molecule has 0 bridgehead atoms. The third-order valence-electron chi connectivity index (χ3n) is 0.974. The maximum Gasteiger partial charge on any atom is 0.136 e. The molecule has 7 heavy (non-hydrogen) atoms. The van der Waals surface area contributed by atoms with E-state index in [4.69, 9.17) is 5.41 Å². The van der Waals surface area contributed by atoms with Crippen molar-refractivity contribution in [1.82, 2.24) is 0 Å². The zero-order valence-electron chi connectivity index (χ0n) is 4.98. The van der Waals surface area contributed by atoms with Gasteiger partial charge in [0.1, 0.15) is 6.21 Å². The first-order valence-electron chi connectivity index (χ1n) is 2.95. The van der Waals surface area contributed by atoms with E-state index in [1.54, 1.807) is 6.21 Å². The molecule has 0 aliphatic rings. The predicted octanol–water partition coefficient (Wildman–Crippen LogP) is 0.397. The molecule has 0 aliphatic heterocycles. The van der Waals surface area contributed by atoms with Gasteiger partial charge in [-0.3, -0.25) is 5.41 Å². The molecule has 2 N–H and O–H groups in total. The van der Waals surface area contributed by atoms with Crippen molar-refractivity contribution in [3.05, 3.63) is 0 Å². The van der Waals surface area contributed by atoms with E-state index in [0.717, 1.165) is 6.42 Å². The number of unbranched alkanes of at least 4 members (excludes halogenated alkanes) is 3. The minimum absolute atomic E-state index is 1.08. The molecule has 1 nitrogen and oxygen atoms in total. The molecule has 0 aromatic rings. The van der Waals surface area contributed by atoms with Crippen LogP contribution in [0, 0.1) is 0 Å². The molecule has 0 aromatic heterocycles. The van der Waals surface area contributed by atoms with Crippen molar-refractivity contribution in [1.29, 1.82) is 0 Å². The lowest BCUT2D eigenvalue weighted by atomic mass is 10.2. The Labute approximate surface area is 45.2 Å². The molecule has 0 heterocycles. The monoisotopic (exact) mass is 100 g/mol. The van der Waals surface area contributed by atoms with Gasteiger partial charge >= 0.3 is 0 Å². The highest BCUT2D eigenvalue weighted by molar-refractivity contribution is 5.48. The first-order chi connectivity index (χ1) is 3.41. The van der Waals surface area contributed by atoms with Gasteiger partial charge in [-0.2, -0.15) is 0 Å². The topological polar surface area (TPSA) is 25.6 Å². The van der Waals surface area contributed by atoms with Crippen LogP contribution in [0.3, 0.4) is 0 Å². The minimum atomic E-state index is 1.08. The molecule has 42 valence electrons. The normalized spacial score (nSPS) is 8.71. The van der Waals surface area contributed by atoms with E-state index < -0.39 is 0 Å². The quantitative estimate of drug-likeness (QED) is 0.391. The Bertz CT molecular complexity index is 41.4. The van der Waals surface area contributed by atoms with Crippen molar-refractivity contribution in [2.24, 2.45) is 0 Å². The molecule has 0 fully saturated rings. The van der Waals surface area contributed by atoms with Crippen molar-refractivity contribution in [3.8, 4) is 0 Å². The smallest absolute Gasteiger partial charge is 0.136 e. The summed E-state index contributed by atoms with van der Waals surface area (Å²) in [7, 11) is 0. The molecular weight excluding hydrogens is 86.1 g/mol. The Balaban J connectivity index is 2.56. The van der Waals surface area contributed by atoms with Gasteiger partial charge in [-0.15, -0.1) is 0 Å². The van der Waals surface area contributed by atoms with Crippen LogP contribution in [0.2, 0.25) is 0 Å². The second-order valence-corrected chi connectivity index (χ2v) is 1.73. The zero-order valence-corrected chi connectivity index (χ0v) is 4.98. The summed E-state index contributed by atoms with van der Waals surface area (Å²) in [4.78, 5) is 0. The predicted molar refractivity (Wildman–Crippen MR) is 32.1 cm³/mol. The number of nitrogens with two attached hydrogens (primary N) is 1. The van der Waals surface area contributed by atoms with Crippen molar-refractivity contribution in [2.45, 2.75) is 32.6 Å². The van der Waals surface area contributed by atoms with Gasteiger partial charge in [-0.1, -0.05) is 19.8 Å². The van der Waals surface area contributed by atoms with Crippen LogP contribution >= 0.6 is 0 Å². The molecule has 0 atom stereocenters. The summed E-state index contributed by atoms with van der Waals surface area (Å²) in [6.07, 6.45) is 6.66. The Morgan fingerprint density at radius 2 is 2.14 bits per heavy atom. The van der Waals surface area contributed by atoms with Crippen molar-refractivity contribution in [2.75, 3.05) is 0 Å². The standard InChI is InChI=1S/C6H13N/c1-2-3-4-5-6-7/h6-7H,2-5H2,1H3/p+1. The molecule has 0 unspecified atom stereocenters. The Kier molecular flexibility index (Phi) is 5.40. The highest BCUT2D eigenvalue weighted by Crippen LogP contribution is 1.94. The van der Waals surface area contributed by atoms with Gasteiger partial charge in [0.25, 0.3) is 0 Å². The maximum atomic E-state index is 5.14. The van der Waals surface area contributed by atoms with E-state index in [1.807, 2.05) is 0 Å². The van der Waals surface area contributed by atoms with E-state index in [0.29, 0.717) is 0 Å². The number of hydrogen-bond acceptors (Lipinski definition) is 0. The van der Waals surface area contributed by atoms with Gasteiger partial charge in [0.05, 0.1) is 0 Å². The lowest BCUT2D eigenvalue weighted by molar-refractivity contribution is -0.107. The lowest BCUT2D eigenvalue weighted by Gasteiger charge is -1.85. The third-order valence-corrected chi connectivity index (χ3v) is 0.974. The van der Waals surface area contributed by atoms with Gasteiger partial charge in [0.2, 0.25) is 0 Å². The van der Waals surface area contributed by atoms with Crippen LogP contribution in [0.5, 0.6) is 0 Å². The fourth-order valence-corrected chi connectivity index (χ4v) is 0.512. The highest BCUT2D eigenvalue weighted by atomic mass is 14.3. The summed E-state index contributed by atoms with van der Waals surface area (Å²) in [5.74, 6) is 0. The van der Waals surface area contributed by atoms with Crippen LogP contribution < -0.4 is 5.41 Å². The largest absolute Gasteiger partial charge is 0.264 e. The van der Waals surface area contributed by atoms with Crippen LogP contribution in [0.1, 0.15) is 32.6 Å². The first kappa shape index (κ1) is 6.67. The van der Waals surface area contributed by atoms with E-state index in [9.17, 15) is 0 Å². The Morgan fingerprint density at radius 1 is 1.43 bits per heavy atom. The van der Waals surface area contributed by atoms with Crippen molar-refractivity contribution >= 4 is 6.21 Å². The summed E-state index contributed by atoms with van der Waals surface area (Å²) < 4.78 is 0. The third kappa shape index (κ3) is 5.67. The van der Waals surface area contributed by atoms with Crippen LogP contribution in [0.25, 0.3) is 0 Å². The molecule has 1 heteroatoms. The van der Waals surface area contributed by atoms with Gasteiger partial charge < -0.3 is 0 Å². The summed E-state index contributed by atoms with van der Waals surface area (Å²) in [6.45, 7) is 2.19. The lowest BCUT2D eigenvalue weighted by Crippen LogP contribution is -2.29. The molecule has 0 aliphatic carbocycles. The molecule has 0 saturated carbocycles. The summed E-state index contributed by atoms with van der Waals surface area (Å²) >= 11 is 0. The second kappa shape index (κ2) is 5.67. The van der Waals surface area contributed by atoms with Gasteiger partial charge in [0, 0.05) is 6.42 Å². The molecule has 0 spiro atoms. The van der Waals surface area contributed by atoms with E-state index >= 15 is 0 Å². The van der Waals surface area contributed by atoms with Gasteiger partial charge in [-0.05, 0) is 6.42 Å². The van der Waals surface area contributed by atoms with E-state index in [-0.39, 0.29) is 0 Å². The molecular formula is C6H14N+. The Hall–Kier alpha value is -0.330. The summed E-state index contributed by atoms with van der Waals surface area (Å²) in [5.41, 5.74) is 0. The SMILES string of the molecule is CCCCCC=[NH2+]. The molecule has 0 amide bonds. The zero-order chi connectivity index (χ0) is 5.54. The fourth-order valence-electron chi connectivity index (χ4n) is 0.512. The molecule has 0 radical (unpaired) electrons. The van der Waals surface area contributed by atoms with Crippen LogP contribution in [-0.2, 0) is 0 Å². The van der Waals surface area contributed by atoms with Crippen LogP contribution in [-0.4, -0.2) is 6.21 Å². The second-order valence-electron chi connectivity index (χ2n) is 1.73. The van der Waals surface area contributed by atoms with Gasteiger partial charge in [-0.25, -0.2) is 0 Å². The summed E-state index contributed by atoms with van der Waals surface area (Å²) in [6, 6.07) is 0. The Morgan fingerprint density at radius 3 is 2.57 bits per heavy atom. The van der Waals surface area contributed by atoms with Gasteiger partial charge in [0.15, 0.2) is 0 Å². The fraction of sp³-hybridized carbons (Fsp3) is 0.833. The van der Waals surface area contributed by atoms with Crippen molar-refractivity contribution < 1.29 is 5.41 Å². The number of hydrogen-bond donors (Lipinski definition) is 1. The van der Waals surface area contributed by atoms with Crippen molar-refractivity contribution in [3.63, 3.8) is 0 Å².